The van der Waals surface area contributed by atoms with E-state index >= 15 is 0 Å². The van der Waals surface area contributed by atoms with Gasteiger partial charge in [-0.3, -0.25) is 4.79 Å². The third-order valence-electron chi connectivity index (χ3n) is 3.23. The van der Waals surface area contributed by atoms with Crippen LogP contribution in [-0.4, -0.2) is 37.0 Å². The molecule has 1 aromatic carbocycles. The summed E-state index contributed by atoms with van der Waals surface area (Å²) in [4.78, 5) is 39.9. The van der Waals surface area contributed by atoms with Crippen LogP contribution in [0.3, 0.4) is 0 Å². The number of ether oxygens (including phenoxy) is 2. The van der Waals surface area contributed by atoms with Crippen molar-refractivity contribution >= 4 is 69.9 Å². The van der Waals surface area contributed by atoms with Gasteiger partial charge in [-0.05, 0) is 18.2 Å². The molecule has 0 saturated carbocycles. The number of rotatable bonds is 4. The highest BCUT2D eigenvalue weighted by Gasteiger charge is 2.21. The van der Waals surface area contributed by atoms with Gasteiger partial charge in [-0.25, -0.2) is 14.6 Å². The number of nitrogens with one attached hydrogen (secondary N) is 1. The number of benzene rings is 1. The molecule has 1 amide bonds. The summed E-state index contributed by atoms with van der Waals surface area (Å²) in [5.74, 6) is -2.23. The quantitative estimate of drug-likeness (QED) is 0.542. The first-order valence-corrected chi connectivity index (χ1v) is 8.53. The Morgan fingerprint density at radius 3 is 1.85 bits per heavy atom. The molecule has 1 aromatic heterocycles. The van der Waals surface area contributed by atoms with Gasteiger partial charge in [-0.15, -0.1) is 0 Å². The van der Waals surface area contributed by atoms with Gasteiger partial charge in [0.05, 0.1) is 40.4 Å². The van der Waals surface area contributed by atoms with E-state index in [1.807, 2.05) is 0 Å². The molecule has 0 saturated heterocycles. The van der Waals surface area contributed by atoms with Crippen LogP contribution < -0.4 is 5.32 Å². The zero-order valence-electron chi connectivity index (χ0n) is 13.7. The number of amides is 1. The van der Waals surface area contributed by atoms with Gasteiger partial charge < -0.3 is 14.8 Å². The first-order valence-electron chi connectivity index (χ1n) is 7.02. The Morgan fingerprint density at radius 1 is 0.852 bits per heavy atom. The van der Waals surface area contributed by atoms with E-state index in [4.69, 9.17) is 46.4 Å². The van der Waals surface area contributed by atoms with E-state index in [9.17, 15) is 14.4 Å². The molecule has 27 heavy (non-hydrogen) atoms. The lowest BCUT2D eigenvalue weighted by Crippen LogP contribution is -2.16. The Labute approximate surface area is 173 Å². The zero-order valence-corrected chi connectivity index (χ0v) is 16.8. The van der Waals surface area contributed by atoms with E-state index in [0.29, 0.717) is 0 Å². The number of carbonyl (C=O) groups excluding carboxylic acids is 3. The first kappa shape index (κ1) is 21.2. The second-order valence-electron chi connectivity index (χ2n) is 4.93. The maximum absolute atomic E-state index is 12.5. The van der Waals surface area contributed by atoms with Crippen molar-refractivity contribution in [3.63, 3.8) is 0 Å². The third kappa shape index (κ3) is 4.62. The second kappa shape index (κ2) is 8.75. The van der Waals surface area contributed by atoms with Crippen molar-refractivity contribution in [2.75, 3.05) is 19.5 Å². The molecule has 0 unspecified atom stereocenters. The minimum Gasteiger partial charge on any atom is -0.465 e. The summed E-state index contributed by atoms with van der Waals surface area (Å²) in [6.45, 7) is 0. The maximum Gasteiger partial charge on any atom is 0.337 e. The van der Waals surface area contributed by atoms with Gasteiger partial charge in [0.1, 0.15) is 10.8 Å². The number of hydrogen-bond acceptors (Lipinski definition) is 6. The van der Waals surface area contributed by atoms with E-state index in [2.05, 4.69) is 19.8 Å². The molecule has 142 valence electrons. The molecular weight excluding hydrogens is 442 g/mol. The van der Waals surface area contributed by atoms with Crippen LogP contribution in [0.2, 0.25) is 20.2 Å². The monoisotopic (exact) mass is 450 g/mol. The number of nitrogens with zero attached hydrogens (tertiary/aromatic N) is 1. The number of anilines is 1. The summed E-state index contributed by atoms with van der Waals surface area (Å²) >= 11 is 23.5. The predicted octanol–water partition coefficient (Wildman–Crippen LogP) is 4.52. The molecule has 2 rings (SSSR count). The summed E-state index contributed by atoms with van der Waals surface area (Å²) in [7, 11) is 2.35. The summed E-state index contributed by atoms with van der Waals surface area (Å²) in [6.07, 6.45) is 0. The second-order valence-corrected chi connectivity index (χ2v) is 6.42. The van der Waals surface area contributed by atoms with Crippen LogP contribution in [-0.2, 0) is 9.47 Å². The number of hydrogen-bond donors (Lipinski definition) is 1. The minimum absolute atomic E-state index is 0.0157. The predicted molar refractivity (Wildman–Crippen MR) is 101 cm³/mol. The van der Waals surface area contributed by atoms with E-state index in [0.717, 1.165) is 0 Å². The Bertz CT molecular complexity index is 915. The molecule has 0 atom stereocenters. The van der Waals surface area contributed by atoms with Crippen LogP contribution in [0.1, 0.15) is 31.2 Å². The Balaban J connectivity index is 2.46. The van der Waals surface area contributed by atoms with Gasteiger partial charge >= 0.3 is 11.9 Å². The molecule has 0 aliphatic heterocycles. The average molecular weight is 452 g/mol. The van der Waals surface area contributed by atoms with Crippen LogP contribution in [0.5, 0.6) is 0 Å². The molecule has 0 spiro atoms. The smallest absolute Gasteiger partial charge is 0.337 e. The normalized spacial score (nSPS) is 10.3. The van der Waals surface area contributed by atoms with E-state index in [1.54, 1.807) is 0 Å². The number of pyridine rings is 1. The molecule has 11 heteroatoms. The number of esters is 2. The summed E-state index contributed by atoms with van der Waals surface area (Å²) in [6, 6.07) is 3.85. The van der Waals surface area contributed by atoms with Crippen molar-refractivity contribution in [1.29, 1.82) is 0 Å². The molecular formula is C16H10Cl4N2O5. The fourth-order valence-corrected chi connectivity index (χ4v) is 2.81. The maximum atomic E-state index is 12.5. The van der Waals surface area contributed by atoms with Gasteiger partial charge in [-0.1, -0.05) is 46.4 Å². The van der Waals surface area contributed by atoms with Crippen LogP contribution in [0.4, 0.5) is 5.69 Å². The molecule has 0 bridgehead atoms. The van der Waals surface area contributed by atoms with Crippen LogP contribution in [0.25, 0.3) is 0 Å². The van der Waals surface area contributed by atoms with E-state index in [-0.39, 0.29) is 42.7 Å². The van der Waals surface area contributed by atoms with Crippen LogP contribution in [0.15, 0.2) is 18.2 Å². The molecule has 0 aliphatic rings. The lowest BCUT2D eigenvalue weighted by molar-refractivity contribution is 0.0599. The lowest BCUT2D eigenvalue weighted by Gasteiger charge is -2.11. The highest BCUT2D eigenvalue weighted by molar-refractivity contribution is 6.52. The molecule has 2 aromatic rings. The topological polar surface area (TPSA) is 94.6 Å². The molecule has 0 radical (unpaired) electrons. The number of methoxy groups -OCH3 is 2. The summed E-state index contributed by atoms with van der Waals surface area (Å²) in [5, 5.41) is 1.80. The fraction of sp³-hybridized carbons (Fsp3) is 0.125. The number of aromatic nitrogens is 1. The Morgan fingerprint density at radius 2 is 1.37 bits per heavy atom. The van der Waals surface area contributed by atoms with Gasteiger partial charge in [0.15, 0.2) is 0 Å². The standard InChI is InChI=1S/C16H10Cl4N2O5/c1-26-15(24)6-3-7(16(25)27-2)5-8(4-6)21-14(23)12-10(18)9(17)11(19)13(20)22-12/h3-5H,1-2H3,(H,21,23). The summed E-state index contributed by atoms with van der Waals surface area (Å²) < 4.78 is 9.25. The number of halogens is 4. The molecule has 1 heterocycles. The van der Waals surface area contributed by atoms with Crippen molar-refractivity contribution < 1.29 is 23.9 Å². The number of carbonyl (C=O) groups is 3. The van der Waals surface area contributed by atoms with E-state index in [1.165, 1.54) is 32.4 Å². The van der Waals surface area contributed by atoms with Crippen molar-refractivity contribution in [1.82, 2.24) is 4.98 Å². The van der Waals surface area contributed by atoms with Gasteiger partial charge in [0.2, 0.25) is 0 Å². The molecule has 7 nitrogen and oxygen atoms in total. The lowest BCUT2D eigenvalue weighted by atomic mass is 10.1. The highest BCUT2D eigenvalue weighted by atomic mass is 35.5. The van der Waals surface area contributed by atoms with Crippen LogP contribution in [0, 0.1) is 0 Å². The van der Waals surface area contributed by atoms with Crippen molar-refractivity contribution in [2.24, 2.45) is 0 Å². The van der Waals surface area contributed by atoms with Gasteiger partial charge in [0.25, 0.3) is 5.91 Å². The van der Waals surface area contributed by atoms with Gasteiger partial charge in [0, 0.05) is 5.69 Å². The van der Waals surface area contributed by atoms with Crippen molar-refractivity contribution in [2.45, 2.75) is 0 Å². The Kier molecular flexibility index (Phi) is 6.89. The van der Waals surface area contributed by atoms with Crippen molar-refractivity contribution in [3.05, 3.63) is 55.2 Å². The zero-order chi connectivity index (χ0) is 20.3. The molecule has 0 fully saturated rings. The van der Waals surface area contributed by atoms with Crippen molar-refractivity contribution in [3.8, 4) is 0 Å². The molecule has 1 N–H and O–H groups in total. The summed E-state index contributed by atoms with van der Waals surface area (Å²) in [5.41, 5.74) is -0.175. The third-order valence-corrected chi connectivity index (χ3v) is 4.91. The minimum atomic E-state index is -0.793. The average Bonchev–Trinajstić information content (AvgIpc) is 2.67. The van der Waals surface area contributed by atoms with Crippen LogP contribution >= 0.6 is 46.4 Å². The molecule has 0 aliphatic carbocycles. The highest BCUT2D eigenvalue weighted by Crippen LogP contribution is 2.36. The van der Waals surface area contributed by atoms with Gasteiger partial charge in [-0.2, -0.15) is 0 Å². The Hall–Kier alpha value is -2.06. The SMILES string of the molecule is COC(=O)c1cc(NC(=O)c2nc(Cl)c(Cl)c(Cl)c2Cl)cc(C(=O)OC)c1. The fourth-order valence-electron chi connectivity index (χ4n) is 2.00. The largest absolute Gasteiger partial charge is 0.465 e. The first-order chi connectivity index (χ1) is 12.7. The van der Waals surface area contributed by atoms with E-state index < -0.39 is 17.8 Å².